The minimum absolute atomic E-state index is 0.0594. The van der Waals surface area contributed by atoms with Crippen LogP contribution in [-0.2, 0) is 20.7 Å². The molecule has 8 nitrogen and oxygen atoms in total. The molecule has 2 atom stereocenters. The second-order valence-electron chi connectivity index (χ2n) is 12.3. The van der Waals surface area contributed by atoms with Crippen molar-refractivity contribution < 1.29 is 37.7 Å². The van der Waals surface area contributed by atoms with E-state index in [1.165, 1.54) is 13.2 Å². The van der Waals surface area contributed by atoms with Gasteiger partial charge in [0.25, 0.3) is 0 Å². The predicted molar refractivity (Wildman–Crippen MR) is 164 cm³/mol. The second kappa shape index (κ2) is 12.8. The van der Waals surface area contributed by atoms with E-state index in [0.717, 1.165) is 33.4 Å². The van der Waals surface area contributed by atoms with E-state index >= 15 is 4.39 Å². The summed E-state index contributed by atoms with van der Waals surface area (Å²) < 4.78 is 43.5. The summed E-state index contributed by atoms with van der Waals surface area (Å²) in [5.74, 6) is 1.35. The number of methoxy groups -OCH3 is 1. The number of benzene rings is 3. The SMILES string of the molecule is COC(=O)CC1COc2cc(O[C@@H]3CCc4c(-c5c(C)cc(OCCNC(=O)OC(C)(C)C)cc5C)ccc(F)c43)ccc21. The molecule has 1 heterocycles. The Morgan fingerprint density at radius 2 is 1.80 bits per heavy atom. The minimum atomic E-state index is -0.559. The molecule has 0 bridgehead atoms. The molecule has 44 heavy (non-hydrogen) atoms. The Labute approximate surface area is 257 Å². The maximum absolute atomic E-state index is 15.3. The van der Waals surface area contributed by atoms with Gasteiger partial charge >= 0.3 is 12.1 Å². The standard InChI is InChI=1S/C35H40FNO7/c1-20-15-24(41-14-13-37-34(39)44-35(3,4)5)16-21(2)32(20)26-9-11-28(36)33-27(26)10-12-29(33)43-23-7-8-25-22(17-31(38)40-6)19-42-30(25)18-23/h7-9,11,15-16,18,22,29H,10,12-14,17,19H2,1-6H3,(H,37,39)/t22?,29-/m1/s1. The van der Waals surface area contributed by atoms with Gasteiger partial charge in [0, 0.05) is 23.1 Å². The molecular formula is C35H40FNO7. The number of fused-ring (bicyclic) bond motifs is 2. The highest BCUT2D eigenvalue weighted by atomic mass is 19.1. The average Bonchev–Trinajstić information content (AvgIpc) is 3.55. The van der Waals surface area contributed by atoms with E-state index < -0.39 is 17.8 Å². The minimum Gasteiger partial charge on any atom is -0.492 e. The van der Waals surface area contributed by atoms with Gasteiger partial charge in [0.1, 0.15) is 41.4 Å². The maximum atomic E-state index is 15.3. The lowest BCUT2D eigenvalue weighted by atomic mass is 9.90. The van der Waals surface area contributed by atoms with E-state index in [1.807, 2.05) is 71.0 Å². The molecule has 1 aliphatic heterocycles. The highest BCUT2D eigenvalue weighted by Crippen LogP contribution is 2.45. The number of carbonyl (C=O) groups is 2. The Hall–Kier alpha value is -4.27. The van der Waals surface area contributed by atoms with E-state index in [2.05, 4.69) is 5.32 Å². The summed E-state index contributed by atoms with van der Waals surface area (Å²) in [7, 11) is 1.38. The smallest absolute Gasteiger partial charge is 0.407 e. The summed E-state index contributed by atoms with van der Waals surface area (Å²) in [5.41, 5.74) is 5.97. The quantitative estimate of drug-likeness (QED) is 0.205. The number of rotatable bonds is 9. The molecule has 3 aromatic rings. The van der Waals surface area contributed by atoms with Crippen LogP contribution in [0.2, 0.25) is 0 Å². The number of ether oxygens (including phenoxy) is 5. The van der Waals surface area contributed by atoms with E-state index in [9.17, 15) is 9.59 Å². The number of esters is 1. The van der Waals surface area contributed by atoms with Gasteiger partial charge in [-0.05, 0) is 99.5 Å². The van der Waals surface area contributed by atoms with Gasteiger partial charge in [-0.1, -0.05) is 12.1 Å². The number of hydrogen-bond donors (Lipinski definition) is 1. The average molecular weight is 606 g/mol. The van der Waals surface area contributed by atoms with Crippen molar-refractivity contribution in [1.29, 1.82) is 0 Å². The van der Waals surface area contributed by atoms with Crippen LogP contribution < -0.4 is 19.5 Å². The van der Waals surface area contributed by atoms with Gasteiger partial charge in [-0.2, -0.15) is 0 Å². The summed E-state index contributed by atoms with van der Waals surface area (Å²) >= 11 is 0. The normalized spacial score (nSPS) is 16.9. The Morgan fingerprint density at radius 1 is 1.05 bits per heavy atom. The van der Waals surface area contributed by atoms with Crippen LogP contribution >= 0.6 is 0 Å². The van der Waals surface area contributed by atoms with E-state index in [-0.39, 0.29) is 24.1 Å². The monoisotopic (exact) mass is 605 g/mol. The molecule has 0 radical (unpaired) electrons. The zero-order chi connectivity index (χ0) is 31.6. The summed E-state index contributed by atoms with van der Waals surface area (Å²) in [6, 6.07) is 12.9. The van der Waals surface area contributed by atoms with Crippen LogP contribution in [-0.4, -0.2) is 44.5 Å². The fourth-order valence-electron chi connectivity index (χ4n) is 6.04. The molecule has 0 saturated heterocycles. The lowest BCUT2D eigenvalue weighted by Gasteiger charge is -2.20. The van der Waals surface area contributed by atoms with Gasteiger partial charge < -0.3 is 29.0 Å². The topological polar surface area (TPSA) is 92.3 Å². The van der Waals surface area contributed by atoms with Crippen LogP contribution in [0.5, 0.6) is 17.2 Å². The largest absolute Gasteiger partial charge is 0.492 e. The fourth-order valence-corrected chi connectivity index (χ4v) is 6.04. The Bertz CT molecular complexity index is 1540. The first-order valence-corrected chi connectivity index (χ1v) is 15.0. The van der Waals surface area contributed by atoms with Gasteiger partial charge in [0.05, 0.1) is 26.7 Å². The molecule has 0 aromatic heterocycles. The van der Waals surface area contributed by atoms with Crippen LogP contribution in [0.1, 0.15) is 73.5 Å². The third-order valence-corrected chi connectivity index (χ3v) is 7.88. The number of aryl methyl sites for hydroxylation is 2. The maximum Gasteiger partial charge on any atom is 0.407 e. The van der Waals surface area contributed by atoms with Crippen molar-refractivity contribution in [1.82, 2.24) is 5.32 Å². The van der Waals surface area contributed by atoms with Gasteiger partial charge in [0.2, 0.25) is 0 Å². The molecule has 1 amide bonds. The van der Waals surface area contributed by atoms with Crippen molar-refractivity contribution in [2.45, 2.75) is 71.5 Å². The molecule has 1 unspecified atom stereocenters. The van der Waals surface area contributed by atoms with Crippen LogP contribution in [0.3, 0.4) is 0 Å². The molecule has 9 heteroatoms. The van der Waals surface area contributed by atoms with Crippen molar-refractivity contribution in [3.63, 3.8) is 0 Å². The summed E-state index contributed by atoms with van der Waals surface area (Å²) in [5, 5.41) is 2.70. The van der Waals surface area contributed by atoms with Gasteiger partial charge in [-0.25, -0.2) is 9.18 Å². The van der Waals surface area contributed by atoms with Crippen molar-refractivity contribution in [2.75, 3.05) is 26.9 Å². The zero-order valence-electron chi connectivity index (χ0n) is 26.2. The lowest BCUT2D eigenvalue weighted by molar-refractivity contribution is -0.141. The molecule has 0 spiro atoms. The molecule has 2 aliphatic rings. The van der Waals surface area contributed by atoms with Gasteiger partial charge in [-0.3, -0.25) is 4.79 Å². The Morgan fingerprint density at radius 3 is 2.50 bits per heavy atom. The zero-order valence-corrected chi connectivity index (χ0v) is 26.2. The van der Waals surface area contributed by atoms with Crippen molar-refractivity contribution in [3.05, 3.63) is 76.1 Å². The number of hydrogen-bond acceptors (Lipinski definition) is 7. The van der Waals surface area contributed by atoms with Gasteiger partial charge in [-0.15, -0.1) is 0 Å². The fraction of sp³-hybridized carbons (Fsp3) is 0.429. The highest BCUT2D eigenvalue weighted by Gasteiger charge is 2.32. The lowest BCUT2D eigenvalue weighted by Crippen LogP contribution is -2.34. The van der Waals surface area contributed by atoms with Crippen LogP contribution in [0, 0.1) is 19.7 Å². The van der Waals surface area contributed by atoms with Crippen LogP contribution in [0.4, 0.5) is 9.18 Å². The number of amides is 1. The first-order valence-electron chi connectivity index (χ1n) is 15.0. The first-order chi connectivity index (χ1) is 20.9. The number of nitrogens with one attached hydrogen (secondary N) is 1. The molecule has 1 N–H and O–H groups in total. The van der Waals surface area contributed by atoms with Crippen LogP contribution in [0.15, 0.2) is 42.5 Å². The highest BCUT2D eigenvalue weighted by molar-refractivity contribution is 5.76. The summed E-state index contributed by atoms with van der Waals surface area (Å²) in [6.45, 7) is 10.5. The third-order valence-electron chi connectivity index (χ3n) is 7.88. The molecule has 1 aliphatic carbocycles. The third kappa shape index (κ3) is 6.93. The van der Waals surface area contributed by atoms with Gasteiger partial charge in [0.15, 0.2) is 0 Å². The Kier molecular flexibility index (Phi) is 9.04. The van der Waals surface area contributed by atoms with E-state index in [1.54, 1.807) is 0 Å². The predicted octanol–water partition coefficient (Wildman–Crippen LogP) is 7.12. The molecule has 234 valence electrons. The number of carbonyl (C=O) groups excluding carboxylic acids is 2. The molecule has 5 rings (SSSR count). The van der Waals surface area contributed by atoms with E-state index in [0.29, 0.717) is 55.4 Å². The first kappa shape index (κ1) is 31.2. The van der Waals surface area contributed by atoms with E-state index in [4.69, 9.17) is 23.7 Å². The summed E-state index contributed by atoms with van der Waals surface area (Å²) in [4.78, 5) is 23.6. The second-order valence-corrected chi connectivity index (χ2v) is 12.3. The number of alkyl carbamates (subject to hydrolysis) is 1. The summed E-state index contributed by atoms with van der Waals surface area (Å²) in [6.07, 6.45) is 0.672. The molecular weight excluding hydrogens is 565 g/mol. The van der Waals surface area contributed by atoms with Crippen molar-refractivity contribution in [3.8, 4) is 28.4 Å². The molecule has 0 fully saturated rings. The van der Waals surface area contributed by atoms with Crippen LogP contribution in [0.25, 0.3) is 11.1 Å². The van der Waals surface area contributed by atoms with Crippen molar-refractivity contribution >= 4 is 12.1 Å². The number of halogens is 1. The molecule has 3 aromatic carbocycles. The Balaban J connectivity index is 1.29. The van der Waals surface area contributed by atoms with Crippen molar-refractivity contribution in [2.24, 2.45) is 0 Å². The molecule has 0 saturated carbocycles.